The first-order valence-corrected chi connectivity index (χ1v) is 11.8. The van der Waals surface area contributed by atoms with Gasteiger partial charge in [0, 0.05) is 22.8 Å². The molecule has 1 aliphatic carbocycles. The third-order valence-electron chi connectivity index (χ3n) is 5.14. The fraction of sp³-hybridized carbons (Fsp3) is 0.0800. The molecule has 0 amide bonds. The molecule has 0 N–H and O–H groups in total. The Balaban J connectivity index is 0.000000418. The van der Waals surface area contributed by atoms with Crippen LogP contribution in [0, 0.1) is 10.2 Å². The quantitative estimate of drug-likeness (QED) is 0.438. The summed E-state index contributed by atoms with van der Waals surface area (Å²) in [4.78, 5) is 2.77. The van der Waals surface area contributed by atoms with Crippen molar-refractivity contribution >= 4 is 11.3 Å². The lowest BCUT2D eigenvalue weighted by atomic mass is 9.87. The van der Waals surface area contributed by atoms with E-state index in [1.54, 1.807) is 0 Å². The molecule has 5 rings (SSSR count). The number of fused-ring (bicyclic) bond motifs is 3. The van der Waals surface area contributed by atoms with Crippen molar-refractivity contribution < 1.29 is 28.9 Å². The molecule has 0 aliphatic heterocycles. The second-order valence-corrected chi connectivity index (χ2v) is 8.91. The average molecular weight is 451 g/mol. The van der Waals surface area contributed by atoms with Gasteiger partial charge in [0.15, 0.2) is 0 Å². The van der Waals surface area contributed by atoms with E-state index in [1.165, 1.54) is 43.1 Å². The van der Waals surface area contributed by atoms with Gasteiger partial charge in [-0.15, -0.1) is 10.2 Å². The molecule has 0 fully saturated rings. The summed E-state index contributed by atoms with van der Waals surface area (Å²) < 4.78 is 34.0. The molecule has 31 heavy (non-hydrogen) atoms. The van der Waals surface area contributed by atoms with E-state index in [2.05, 4.69) is 91.0 Å². The van der Waals surface area contributed by atoms with Crippen LogP contribution in [0.4, 0.5) is 0 Å². The summed E-state index contributed by atoms with van der Waals surface area (Å²) in [6.45, 7) is 0. The molecule has 0 radical (unpaired) electrons. The minimum Gasteiger partial charge on any atom is -0.222 e. The largest absolute Gasteiger partial charge is 0.242 e. The maximum absolute atomic E-state index is 8.49. The van der Waals surface area contributed by atoms with E-state index in [0.717, 1.165) is 12.8 Å². The van der Waals surface area contributed by atoms with Crippen LogP contribution in [0.25, 0.3) is 32.0 Å². The number of hydrogen-bond donors (Lipinski definition) is 0. The third-order valence-corrected chi connectivity index (χ3v) is 6.38. The van der Waals surface area contributed by atoms with Crippen LogP contribution in [0.3, 0.4) is 0 Å². The molecular weight excluding hydrogens is 432 g/mol. The Morgan fingerprint density at radius 1 is 0.613 bits per heavy atom. The topological polar surface area (TPSA) is 92.2 Å². The Morgan fingerprint density at radius 2 is 1.16 bits per heavy atom. The molecule has 4 aromatic rings. The van der Waals surface area contributed by atoms with Gasteiger partial charge in [0.25, 0.3) is 0 Å². The van der Waals surface area contributed by atoms with Crippen LogP contribution >= 0.6 is 11.3 Å². The van der Waals surface area contributed by atoms with Crippen molar-refractivity contribution in [1.29, 1.82) is 0 Å². The number of hydrogen-bond acceptors (Lipinski definition) is 4. The van der Waals surface area contributed by atoms with Crippen LogP contribution in [0.15, 0.2) is 91.0 Å². The Morgan fingerprint density at radius 3 is 1.81 bits per heavy atom. The van der Waals surface area contributed by atoms with Gasteiger partial charge in [-0.25, -0.2) is 18.6 Å². The summed E-state index contributed by atoms with van der Waals surface area (Å²) in [6, 6.07) is 32.9. The highest BCUT2D eigenvalue weighted by molar-refractivity contribution is 7.18. The van der Waals surface area contributed by atoms with Gasteiger partial charge in [-0.05, 0) is 47.7 Å². The zero-order chi connectivity index (χ0) is 21.8. The molecule has 1 aliphatic rings. The van der Waals surface area contributed by atoms with Gasteiger partial charge in [-0.3, -0.25) is 0 Å². The molecule has 0 bridgehead atoms. The molecule has 0 saturated heterocycles. The van der Waals surface area contributed by atoms with Gasteiger partial charge >= 0.3 is 0 Å². The van der Waals surface area contributed by atoms with Crippen LogP contribution in [0.1, 0.15) is 11.1 Å². The smallest absolute Gasteiger partial charge is 0.222 e. The minimum absolute atomic E-state index is 1.11. The summed E-state index contributed by atoms with van der Waals surface area (Å²) in [7, 11) is -4.94. The van der Waals surface area contributed by atoms with Crippen molar-refractivity contribution in [2.75, 3.05) is 0 Å². The first-order chi connectivity index (χ1) is 14.9. The van der Waals surface area contributed by atoms with Crippen LogP contribution < -0.4 is 18.6 Å². The van der Waals surface area contributed by atoms with Crippen molar-refractivity contribution in [3.05, 3.63) is 102 Å². The van der Waals surface area contributed by atoms with E-state index in [0.29, 0.717) is 0 Å². The number of rotatable bonds is 2. The van der Waals surface area contributed by atoms with Crippen molar-refractivity contribution in [2.24, 2.45) is 0 Å². The highest BCUT2D eigenvalue weighted by Gasteiger charge is 2.29. The molecule has 6 heteroatoms. The molecule has 1 aromatic heterocycles. The zero-order valence-corrected chi connectivity index (χ0v) is 18.1. The normalized spacial score (nSPS) is 12.3. The Kier molecular flexibility index (Phi) is 6.43. The van der Waals surface area contributed by atoms with E-state index in [1.807, 2.05) is 11.3 Å². The van der Waals surface area contributed by atoms with Crippen molar-refractivity contribution in [2.45, 2.75) is 12.8 Å². The van der Waals surface area contributed by atoms with E-state index in [9.17, 15) is 0 Å². The van der Waals surface area contributed by atoms with Crippen LogP contribution in [-0.2, 0) is 12.8 Å². The highest BCUT2D eigenvalue weighted by Crippen LogP contribution is 2.45. The van der Waals surface area contributed by atoms with E-state index < -0.39 is 10.2 Å². The summed E-state index contributed by atoms with van der Waals surface area (Å²) in [5, 5.41) is 0. The molecule has 1 heterocycles. The molecule has 156 valence electrons. The van der Waals surface area contributed by atoms with Gasteiger partial charge in [0.1, 0.15) is 0 Å². The predicted molar refractivity (Wildman–Crippen MR) is 112 cm³/mol. The molecule has 0 spiro atoms. The molecule has 4 nitrogen and oxygen atoms in total. The summed E-state index contributed by atoms with van der Waals surface area (Å²) >= 11 is 1.93. The van der Waals surface area contributed by atoms with Gasteiger partial charge in [-0.1, -0.05) is 66.7 Å². The molecule has 0 saturated carbocycles. The Labute approximate surface area is 187 Å². The molecule has 3 aromatic carbocycles. The predicted octanol–water partition coefficient (Wildman–Crippen LogP) is 2.37. The SMILES string of the molecule is [O-][Cl+3]([O-])([O-])[O-].c1ccc(-c2cc(-c3ccccc3)c3c([s+]2)-c2ccccc2CC3)cc1. The monoisotopic (exact) mass is 450 g/mol. The first kappa shape index (κ1) is 21.6. The Hall–Kier alpha value is -2.64. The van der Waals surface area contributed by atoms with E-state index >= 15 is 0 Å². The number of benzene rings is 3. The van der Waals surface area contributed by atoms with Crippen LogP contribution in [0.5, 0.6) is 0 Å². The summed E-state index contributed by atoms with van der Waals surface area (Å²) in [5.41, 5.74) is 8.37. The van der Waals surface area contributed by atoms with Crippen LogP contribution in [0.2, 0.25) is 0 Å². The fourth-order valence-corrected chi connectivity index (χ4v) is 5.14. The summed E-state index contributed by atoms with van der Waals surface area (Å²) in [6.07, 6.45) is 2.24. The van der Waals surface area contributed by atoms with Crippen molar-refractivity contribution in [1.82, 2.24) is 0 Å². The van der Waals surface area contributed by atoms with Gasteiger partial charge in [-0.2, -0.15) is 0 Å². The summed E-state index contributed by atoms with van der Waals surface area (Å²) in [5.74, 6) is 0. The van der Waals surface area contributed by atoms with Gasteiger partial charge in [0.05, 0.1) is 0 Å². The third kappa shape index (κ3) is 5.35. The van der Waals surface area contributed by atoms with Gasteiger partial charge < -0.3 is 0 Å². The second kappa shape index (κ2) is 9.24. The van der Waals surface area contributed by atoms with E-state index in [-0.39, 0.29) is 0 Å². The standard InChI is InChI=1S/C25H19S.ClHO4/c1-3-9-18(10-4-1)23-17-24(20-12-5-2-6-13-20)26-25-21-14-8-7-11-19(21)15-16-22(23)25;2-1(3,4)5/h1-14,17H,15-16H2;(H,2,3,4,5)/q+1;/p-1. The lowest BCUT2D eigenvalue weighted by Gasteiger charge is -2.17. The average Bonchev–Trinajstić information content (AvgIpc) is 2.78. The molecular formula is C25H19ClO4S. The van der Waals surface area contributed by atoms with Crippen LogP contribution in [-0.4, -0.2) is 0 Å². The molecule has 0 unspecified atom stereocenters. The maximum atomic E-state index is 8.49. The van der Waals surface area contributed by atoms with Gasteiger partial charge in [0.2, 0.25) is 21.1 Å². The lowest BCUT2D eigenvalue weighted by Crippen LogP contribution is -2.68. The molecule has 0 atom stereocenters. The fourth-order valence-electron chi connectivity index (χ4n) is 3.85. The minimum atomic E-state index is -4.94. The number of halogens is 1. The number of aryl methyl sites for hydroxylation is 1. The highest BCUT2D eigenvalue weighted by atomic mass is 35.7. The Bertz CT molecular complexity index is 1150. The van der Waals surface area contributed by atoms with E-state index in [4.69, 9.17) is 18.6 Å². The van der Waals surface area contributed by atoms with Crippen molar-refractivity contribution in [3.63, 3.8) is 0 Å². The maximum Gasteiger partial charge on any atom is 0.242 e. The lowest BCUT2D eigenvalue weighted by molar-refractivity contribution is -2.00. The van der Waals surface area contributed by atoms with Crippen molar-refractivity contribution in [3.8, 4) is 32.0 Å². The first-order valence-electron chi connectivity index (χ1n) is 9.71. The second-order valence-electron chi connectivity index (χ2n) is 7.10. The zero-order valence-electron chi connectivity index (χ0n) is 16.5.